The molecular formula is C15H28N4. The number of hydrogen-bond donors (Lipinski definition) is 1. The Morgan fingerprint density at radius 2 is 2.05 bits per heavy atom. The van der Waals surface area contributed by atoms with Crippen molar-refractivity contribution in [3.63, 3.8) is 0 Å². The zero-order chi connectivity index (χ0) is 13.7. The van der Waals surface area contributed by atoms with E-state index in [4.69, 9.17) is 0 Å². The lowest BCUT2D eigenvalue weighted by Crippen LogP contribution is -2.50. The van der Waals surface area contributed by atoms with Gasteiger partial charge in [-0.2, -0.15) is 5.26 Å². The van der Waals surface area contributed by atoms with Crippen molar-refractivity contribution in [1.29, 1.82) is 5.26 Å². The second-order valence-electron chi connectivity index (χ2n) is 6.29. The normalized spacial score (nSPS) is 28.4. The lowest BCUT2D eigenvalue weighted by molar-refractivity contribution is 0.213. The van der Waals surface area contributed by atoms with Crippen LogP contribution in [0.4, 0.5) is 0 Å². The third-order valence-corrected chi connectivity index (χ3v) is 4.46. The Bertz CT molecular complexity index is 319. The molecule has 19 heavy (non-hydrogen) atoms. The van der Waals surface area contributed by atoms with Crippen LogP contribution in [0.1, 0.15) is 39.5 Å². The summed E-state index contributed by atoms with van der Waals surface area (Å²) in [5.74, 6) is 0. The maximum Gasteiger partial charge on any atom is 0.116 e. The number of nitriles is 1. The highest BCUT2D eigenvalue weighted by atomic mass is 15.3. The van der Waals surface area contributed by atoms with Gasteiger partial charge in [0.25, 0.3) is 0 Å². The molecule has 0 aromatic rings. The summed E-state index contributed by atoms with van der Waals surface area (Å²) in [4.78, 5) is 5.11. The maximum absolute atomic E-state index is 9.40. The van der Waals surface area contributed by atoms with E-state index in [2.05, 4.69) is 28.1 Å². The molecule has 4 heteroatoms. The van der Waals surface area contributed by atoms with Crippen LogP contribution in [0.25, 0.3) is 0 Å². The fourth-order valence-electron chi connectivity index (χ4n) is 3.34. The van der Waals surface area contributed by atoms with E-state index in [1.165, 1.54) is 32.4 Å². The van der Waals surface area contributed by atoms with E-state index in [1.807, 2.05) is 6.92 Å². The molecule has 2 fully saturated rings. The van der Waals surface area contributed by atoms with Crippen LogP contribution < -0.4 is 5.32 Å². The number of hydrogen-bond acceptors (Lipinski definition) is 4. The maximum atomic E-state index is 9.40. The zero-order valence-electron chi connectivity index (χ0n) is 12.5. The van der Waals surface area contributed by atoms with Crippen molar-refractivity contribution in [3.05, 3.63) is 0 Å². The largest absolute Gasteiger partial charge is 0.299 e. The molecule has 0 radical (unpaired) electrons. The van der Waals surface area contributed by atoms with Crippen LogP contribution in [0.2, 0.25) is 0 Å². The first-order chi connectivity index (χ1) is 9.17. The first-order valence-corrected chi connectivity index (χ1v) is 7.79. The fraction of sp³-hybridized carbons (Fsp3) is 0.933. The van der Waals surface area contributed by atoms with Gasteiger partial charge >= 0.3 is 0 Å². The Kier molecular flexibility index (Phi) is 5.20. The van der Waals surface area contributed by atoms with Crippen molar-refractivity contribution in [3.8, 4) is 6.07 Å². The lowest BCUT2D eigenvalue weighted by Gasteiger charge is -2.29. The van der Waals surface area contributed by atoms with Crippen molar-refractivity contribution in [1.82, 2.24) is 15.1 Å². The molecule has 2 rings (SSSR count). The van der Waals surface area contributed by atoms with Crippen LogP contribution in [-0.4, -0.2) is 60.6 Å². The highest BCUT2D eigenvalue weighted by Crippen LogP contribution is 2.21. The molecule has 2 atom stereocenters. The quantitative estimate of drug-likeness (QED) is 0.788. The van der Waals surface area contributed by atoms with Crippen molar-refractivity contribution in [2.24, 2.45) is 0 Å². The van der Waals surface area contributed by atoms with Crippen molar-refractivity contribution < 1.29 is 0 Å². The van der Waals surface area contributed by atoms with Crippen LogP contribution in [0.3, 0.4) is 0 Å². The van der Waals surface area contributed by atoms with Gasteiger partial charge < -0.3 is 0 Å². The Balaban J connectivity index is 1.81. The van der Waals surface area contributed by atoms with E-state index in [9.17, 15) is 5.26 Å². The van der Waals surface area contributed by atoms with Crippen LogP contribution in [-0.2, 0) is 0 Å². The summed E-state index contributed by atoms with van der Waals surface area (Å²) < 4.78 is 0. The van der Waals surface area contributed by atoms with Gasteiger partial charge in [-0.3, -0.25) is 15.1 Å². The summed E-state index contributed by atoms with van der Waals surface area (Å²) in [5, 5.41) is 12.8. The molecule has 2 unspecified atom stereocenters. The second kappa shape index (κ2) is 6.69. The summed E-state index contributed by atoms with van der Waals surface area (Å²) in [6, 6.07) is 3.19. The summed E-state index contributed by atoms with van der Waals surface area (Å²) in [6.07, 6.45) is 5.08. The summed E-state index contributed by atoms with van der Waals surface area (Å²) in [5.41, 5.74) is -0.393. The van der Waals surface area contributed by atoms with Gasteiger partial charge in [-0.05, 0) is 58.8 Å². The number of likely N-dealkylation sites (tertiary alicyclic amines) is 2. The Labute approximate surface area is 117 Å². The Hall–Kier alpha value is -0.630. The van der Waals surface area contributed by atoms with Gasteiger partial charge in [-0.1, -0.05) is 6.92 Å². The number of nitrogens with one attached hydrogen (secondary N) is 1. The second-order valence-corrected chi connectivity index (χ2v) is 6.29. The van der Waals surface area contributed by atoms with E-state index in [1.54, 1.807) is 0 Å². The lowest BCUT2D eigenvalue weighted by atomic mass is 10.0. The molecule has 0 saturated carbocycles. The summed E-state index contributed by atoms with van der Waals surface area (Å²) in [6.45, 7) is 10.8. The molecule has 0 bridgehead atoms. The van der Waals surface area contributed by atoms with Gasteiger partial charge in [-0.25, -0.2) is 0 Å². The van der Waals surface area contributed by atoms with Gasteiger partial charge in [0, 0.05) is 19.1 Å². The third-order valence-electron chi connectivity index (χ3n) is 4.46. The molecule has 0 aliphatic carbocycles. The first kappa shape index (κ1) is 14.8. The minimum Gasteiger partial charge on any atom is -0.299 e. The monoisotopic (exact) mass is 264 g/mol. The predicted octanol–water partition coefficient (Wildman–Crippen LogP) is 1.44. The summed E-state index contributed by atoms with van der Waals surface area (Å²) in [7, 11) is 0. The minimum absolute atomic E-state index is 0.393. The molecule has 0 amide bonds. The molecular weight excluding hydrogens is 236 g/mol. The highest BCUT2D eigenvalue weighted by molar-refractivity contribution is 5.06. The molecule has 0 aromatic heterocycles. The van der Waals surface area contributed by atoms with Gasteiger partial charge in [-0.15, -0.1) is 0 Å². The van der Waals surface area contributed by atoms with E-state index < -0.39 is 5.54 Å². The minimum atomic E-state index is -0.393. The van der Waals surface area contributed by atoms with Gasteiger partial charge in [0.05, 0.1) is 6.07 Å². The topological polar surface area (TPSA) is 42.3 Å². The molecule has 4 nitrogen and oxygen atoms in total. The van der Waals surface area contributed by atoms with E-state index >= 15 is 0 Å². The molecule has 0 aromatic carbocycles. The highest BCUT2D eigenvalue weighted by Gasteiger charge is 2.33. The molecule has 2 aliphatic rings. The standard InChI is InChI=1S/C15H28N4/c1-3-7-17-15(2,12-16)13-18-10-6-14(11-18)19-8-4-5-9-19/h14,17H,3-11,13H2,1-2H3. The SMILES string of the molecule is CCCNC(C)(C#N)CN1CCC(N2CCCC2)C1. The average Bonchev–Trinajstić information content (AvgIpc) is 3.06. The third kappa shape index (κ3) is 3.92. The van der Waals surface area contributed by atoms with Crippen LogP contribution >= 0.6 is 0 Å². The molecule has 2 aliphatic heterocycles. The Morgan fingerprint density at radius 3 is 2.68 bits per heavy atom. The van der Waals surface area contributed by atoms with E-state index in [-0.39, 0.29) is 0 Å². The van der Waals surface area contributed by atoms with Crippen LogP contribution in [0, 0.1) is 11.3 Å². The van der Waals surface area contributed by atoms with Gasteiger partial charge in [0.2, 0.25) is 0 Å². The predicted molar refractivity (Wildman–Crippen MR) is 78.0 cm³/mol. The van der Waals surface area contributed by atoms with Crippen molar-refractivity contribution in [2.75, 3.05) is 39.3 Å². The van der Waals surface area contributed by atoms with Gasteiger partial charge in [0.15, 0.2) is 0 Å². The van der Waals surface area contributed by atoms with E-state index in [0.29, 0.717) is 0 Å². The van der Waals surface area contributed by atoms with E-state index in [0.717, 1.165) is 38.6 Å². The zero-order valence-corrected chi connectivity index (χ0v) is 12.5. The molecule has 0 spiro atoms. The number of nitrogens with zero attached hydrogens (tertiary/aromatic N) is 3. The molecule has 2 saturated heterocycles. The summed E-state index contributed by atoms with van der Waals surface area (Å²) >= 11 is 0. The van der Waals surface area contributed by atoms with Gasteiger partial charge in [0.1, 0.15) is 5.54 Å². The number of rotatable bonds is 6. The average molecular weight is 264 g/mol. The smallest absolute Gasteiger partial charge is 0.116 e. The molecule has 2 heterocycles. The Morgan fingerprint density at radius 1 is 1.32 bits per heavy atom. The molecule has 108 valence electrons. The first-order valence-electron chi connectivity index (χ1n) is 7.79. The molecule has 1 N–H and O–H groups in total. The fourth-order valence-corrected chi connectivity index (χ4v) is 3.34. The van der Waals surface area contributed by atoms with Crippen molar-refractivity contribution in [2.45, 2.75) is 51.1 Å². The van der Waals surface area contributed by atoms with Crippen molar-refractivity contribution >= 4 is 0 Å². The van der Waals surface area contributed by atoms with Crippen LogP contribution in [0.15, 0.2) is 0 Å². The van der Waals surface area contributed by atoms with Crippen LogP contribution in [0.5, 0.6) is 0 Å².